The van der Waals surface area contributed by atoms with Crippen molar-refractivity contribution >= 4 is 17.3 Å². The smallest absolute Gasteiger partial charge is 0.122 e. The SMILES string of the molecule is Cc1cc(N)cc(OCc2ccccc2Cl)c1. The summed E-state index contributed by atoms with van der Waals surface area (Å²) in [6.07, 6.45) is 0. The quantitative estimate of drug-likeness (QED) is 0.837. The number of benzene rings is 2. The monoisotopic (exact) mass is 247 g/mol. The van der Waals surface area contributed by atoms with E-state index in [1.54, 1.807) is 0 Å². The molecule has 2 aromatic carbocycles. The van der Waals surface area contributed by atoms with Crippen molar-refractivity contribution < 1.29 is 4.74 Å². The van der Waals surface area contributed by atoms with Crippen LogP contribution in [0.1, 0.15) is 11.1 Å². The Kier molecular flexibility index (Phi) is 3.55. The second kappa shape index (κ2) is 5.11. The van der Waals surface area contributed by atoms with Crippen molar-refractivity contribution in [1.29, 1.82) is 0 Å². The molecular formula is C14H14ClNO. The van der Waals surface area contributed by atoms with Crippen molar-refractivity contribution in [3.8, 4) is 5.75 Å². The van der Waals surface area contributed by atoms with Gasteiger partial charge in [0, 0.05) is 22.3 Å². The summed E-state index contributed by atoms with van der Waals surface area (Å²) in [5, 5.41) is 0.716. The number of nitrogens with two attached hydrogens (primary N) is 1. The molecule has 2 N–H and O–H groups in total. The van der Waals surface area contributed by atoms with Gasteiger partial charge in [0.15, 0.2) is 0 Å². The Labute approximate surface area is 106 Å². The van der Waals surface area contributed by atoms with E-state index in [9.17, 15) is 0 Å². The fraction of sp³-hybridized carbons (Fsp3) is 0.143. The molecule has 0 bridgehead atoms. The van der Waals surface area contributed by atoms with Gasteiger partial charge in [-0.2, -0.15) is 0 Å². The third kappa shape index (κ3) is 3.14. The van der Waals surface area contributed by atoms with Crippen molar-refractivity contribution in [2.24, 2.45) is 0 Å². The largest absolute Gasteiger partial charge is 0.489 e. The molecule has 0 amide bonds. The minimum absolute atomic E-state index is 0.447. The Bertz CT molecular complexity index is 505. The second-order valence-electron chi connectivity index (χ2n) is 3.96. The maximum absolute atomic E-state index is 6.05. The van der Waals surface area contributed by atoms with Crippen LogP contribution in [0.4, 0.5) is 5.69 Å². The maximum atomic E-state index is 6.05. The van der Waals surface area contributed by atoms with E-state index in [-0.39, 0.29) is 0 Å². The summed E-state index contributed by atoms with van der Waals surface area (Å²) >= 11 is 6.05. The number of nitrogen functional groups attached to an aromatic ring is 1. The van der Waals surface area contributed by atoms with Gasteiger partial charge in [0.05, 0.1) is 0 Å². The molecule has 0 aliphatic carbocycles. The molecule has 0 saturated carbocycles. The number of hydrogen-bond donors (Lipinski definition) is 1. The third-order valence-electron chi connectivity index (χ3n) is 2.43. The third-order valence-corrected chi connectivity index (χ3v) is 2.79. The van der Waals surface area contributed by atoms with Crippen molar-refractivity contribution in [2.75, 3.05) is 5.73 Å². The topological polar surface area (TPSA) is 35.2 Å². The van der Waals surface area contributed by atoms with Crippen LogP contribution < -0.4 is 10.5 Å². The van der Waals surface area contributed by atoms with E-state index in [2.05, 4.69) is 0 Å². The van der Waals surface area contributed by atoms with E-state index in [4.69, 9.17) is 22.1 Å². The van der Waals surface area contributed by atoms with Gasteiger partial charge in [0.1, 0.15) is 12.4 Å². The second-order valence-corrected chi connectivity index (χ2v) is 4.37. The van der Waals surface area contributed by atoms with Gasteiger partial charge in [-0.1, -0.05) is 29.8 Å². The lowest BCUT2D eigenvalue weighted by molar-refractivity contribution is 0.306. The van der Waals surface area contributed by atoms with Crippen LogP contribution in [-0.2, 0) is 6.61 Å². The van der Waals surface area contributed by atoms with Crippen molar-refractivity contribution in [1.82, 2.24) is 0 Å². The molecule has 2 aromatic rings. The van der Waals surface area contributed by atoms with E-state index >= 15 is 0 Å². The van der Waals surface area contributed by atoms with Gasteiger partial charge in [-0.25, -0.2) is 0 Å². The first-order chi connectivity index (χ1) is 8.15. The average molecular weight is 248 g/mol. The summed E-state index contributed by atoms with van der Waals surface area (Å²) < 4.78 is 5.67. The zero-order chi connectivity index (χ0) is 12.3. The van der Waals surface area contributed by atoms with Crippen LogP contribution in [0.3, 0.4) is 0 Å². The lowest BCUT2D eigenvalue weighted by atomic mass is 10.2. The molecule has 0 saturated heterocycles. The summed E-state index contributed by atoms with van der Waals surface area (Å²) in [7, 11) is 0. The molecule has 0 atom stereocenters. The van der Waals surface area contributed by atoms with Crippen LogP contribution in [0.5, 0.6) is 5.75 Å². The Balaban J connectivity index is 2.10. The van der Waals surface area contributed by atoms with E-state index in [1.165, 1.54) is 0 Å². The van der Waals surface area contributed by atoms with Crippen LogP contribution in [0.2, 0.25) is 5.02 Å². The molecule has 0 heterocycles. The lowest BCUT2D eigenvalue weighted by Crippen LogP contribution is -1.97. The normalized spacial score (nSPS) is 10.2. The fourth-order valence-corrected chi connectivity index (χ4v) is 1.83. The van der Waals surface area contributed by atoms with Crippen LogP contribution in [0, 0.1) is 6.92 Å². The zero-order valence-electron chi connectivity index (χ0n) is 9.61. The number of rotatable bonds is 3. The van der Waals surface area contributed by atoms with E-state index in [0.29, 0.717) is 17.3 Å². The molecule has 0 aromatic heterocycles. The standard InChI is InChI=1S/C14H14ClNO/c1-10-6-12(16)8-13(7-10)17-9-11-4-2-3-5-14(11)15/h2-8H,9,16H2,1H3. The lowest BCUT2D eigenvalue weighted by Gasteiger charge is -2.09. The van der Waals surface area contributed by atoms with E-state index < -0.39 is 0 Å². The molecule has 3 heteroatoms. The van der Waals surface area contributed by atoms with Crippen LogP contribution in [0.25, 0.3) is 0 Å². The predicted octanol–water partition coefficient (Wildman–Crippen LogP) is 3.81. The van der Waals surface area contributed by atoms with Gasteiger partial charge in [-0.15, -0.1) is 0 Å². The molecule has 88 valence electrons. The molecule has 0 spiro atoms. The molecule has 0 aliphatic heterocycles. The highest BCUT2D eigenvalue weighted by molar-refractivity contribution is 6.31. The van der Waals surface area contributed by atoms with Gasteiger partial charge in [-0.05, 0) is 30.7 Å². The average Bonchev–Trinajstić information content (AvgIpc) is 2.27. The number of ether oxygens (including phenoxy) is 1. The van der Waals surface area contributed by atoms with Crippen molar-refractivity contribution in [2.45, 2.75) is 13.5 Å². The van der Waals surface area contributed by atoms with Gasteiger partial charge in [0.25, 0.3) is 0 Å². The molecule has 2 rings (SSSR count). The number of halogens is 1. The first-order valence-corrected chi connectivity index (χ1v) is 5.76. The van der Waals surface area contributed by atoms with Gasteiger partial charge in [0.2, 0.25) is 0 Å². The van der Waals surface area contributed by atoms with Gasteiger partial charge < -0.3 is 10.5 Å². The predicted molar refractivity (Wildman–Crippen MR) is 71.4 cm³/mol. The highest BCUT2D eigenvalue weighted by Crippen LogP contribution is 2.21. The highest BCUT2D eigenvalue weighted by Gasteiger charge is 2.01. The summed E-state index contributed by atoms with van der Waals surface area (Å²) in [6, 6.07) is 13.3. The van der Waals surface area contributed by atoms with Crippen LogP contribution in [-0.4, -0.2) is 0 Å². The van der Waals surface area contributed by atoms with E-state index in [1.807, 2.05) is 49.4 Å². The molecule has 0 radical (unpaired) electrons. The van der Waals surface area contributed by atoms with Crippen molar-refractivity contribution in [3.63, 3.8) is 0 Å². The summed E-state index contributed by atoms with van der Waals surface area (Å²) in [4.78, 5) is 0. The Morgan fingerprint density at radius 3 is 2.65 bits per heavy atom. The molecule has 2 nitrogen and oxygen atoms in total. The highest BCUT2D eigenvalue weighted by atomic mass is 35.5. The minimum Gasteiger partial charge on any atom is -0.489 e. The van der Waals surface area contributed by atoms with Gasteiger partial charge in [-0.3, -0.25) is 0 Å². The van der Waals surface area contributed by atoms with Gasteiger partial charge >= 0.3 is 0 Å². The fourth-order valence-electron chi connectivity index (χ4n) is 1.64. The molecule has 0 fully saturated rings. The minimum atomic E-state index is 0.447. The number of aryl methyl sites for hydroxylation is 1. The molecular weight excluding hydrogens is 234 g/mol. The first kappa shape index (κ1) is 11.8. The Hall–Kier alpha value is -1.67. The number of anilines is 1. The maximum Gasteiger partial charge on any atom is 0.122 e. The molecule has 0 unspecified atom stereocenters. The molecule has 17 heavy (non-hydrogen) atoms. The first-order valence-electron chi connectivity index (χ1n) is 5.38. The Morgan fingerprint density at radius 2 is 1.94 bits per heavy atom. The van der Waals surface area contributed by atoms with E-state index in [0.717, 1.165) is 16.9 Å². The molecule has 0 aliphatic rings. The number of hydrogen-bond acceptors (Lipinski definition) is 2. The summed E-state index contributed by atoms with van der Waals surface area (Å²) in [5.41, 5.74) is 8.51. The summed E-state index contributed by atoms with van der Waals surface area (Å²) in [6.45, 7) is 2.43. The van der Waals surface area contributed by atoms with Crippen LogP contribution >= 0.6 is 11.6 Å². The van der Waals surface area contributed by atoms with Crippen LogP contribution in [0.15, 0.2) is 42.5 Å². The summed E-state index contributed by atoms with van der Waals surface area (Å²) in [5.74, 6) is 0.766. The van der Waals surface area contributed by atoms with Crippen molar-refractivity contribution in [3.05, 3.63) is 58.6 Å². The zero-order valence-corrected chi connectivity index (χ0v) is 10.4. The Morgan fingerprint density at radius 1 is 1.18 bits per heavy atom.